The molecule has 1 spiro atoms. The molecule has 0 aromatic heterocycles. The van der Waals surface area contributed by atoms with E-state index in [4.69, 9.17) is 24.0 Å². The van der Waals surface area contributed by atoms with Crippen LogP contribution in [0, 0.1) is 23.7 Å². The Kier molecular flexibility index (Phi) is 9.50. The van der Waals surface area contributed by atoms with Gasteiger partial charge in [-0.25, -0.2) is 9.78 Å². The van der Waals surface area contributed by atoms with Crippen LogP contribution in [-0.2, 0) is 44.8 Å². The number of phenolic OH excluding ortho intramolecular Hbond substituents is 2. The lowest BCUT2D eigenvalue weighted by atomic mass is 9.58. The highest BCUT2D eigenvalue weighted by atomic mass is 17.3. The summed E-state index contributed by atoms with van der Waals surface area (Å²) in [5.41, 5.74) is 0.0543. The number of carbonyl (C=O) groups is 3. The van der Waals surface area contributed by atoms with Crippen molar-refractivity contribution < 1.29 is 48.6 Å². The quantitative estimate of drug-likeness (QED) is 0.128. The first-order valence-electron chi connectivity index (χ1n) is 15.4. The fraction of sp³-hybridized carbons (Fsp3) is 0.710. The highest BCUT2D eigenvalue weighted by molar-refractivity contribution is 5.81. The van der Waals surface area contributed by atoms with E-state index in [2.05, 4.69) is 17.6 Å². The smallest absolute Gasteiger partial charge is 0.308 e. The van der Waals surface area contributed by atoms with Crippen LogP contribution in [0.25, 0.3) is 0 Å². The average Bonchev–Trinajstić information content (AvgIpc) is 3.20. The van der Waals surface area contributed by atoms with Crippen molar-refractivity contribution in [1.82, 2.24) is 10.6 Å². The van der Waals surface area contributed by atoms with Gasteiger partial charge < -0.3 is 35.1 Å². The van der Waals surface area contributed by atoms with Gasteiger partial charge in [0.05, 0.1) is 6.42 Å². The summed E-state index contributed by atoms with van der Waals surface area (Å²) in [6.07, 6.45) is 3.09. The maximum Gasteiger partial charge on any atom is 0.308 e. The predicted molar refractivity (Wildman–Crippen MR) is 151 cm³/mol. The second-order valence-electron chi connectivity index (χ2n) is 12.6. The molecule has 238 valence electrons. The van der Waals surface area contributed by atoms with Gasteiger partial charge in [-0.05, 0) is 68.6 Å². The van der Waals surface area contributed by atoms with Crippen LogP contribution in [0.5, 0.6) is 11.5 Å². The molecule has 5 aliphatic rings. The molecular formula is C31H44N2O10. The molecule has 1 aromatic carbocycles. The molecule has 4 heterocycles. The van der Waals surface area contributed by atoms with Crippen LogP contribution in [0.2, 0.25) is 0 Å². The normalized spacial score (nSPS) is 34.5. The number of benzene rings is 1. The second kappa shape index (κ2) is 13.0. The number of hydrogen-bond donors (Lipinski definition) is 4. The number of hydrogen-bond acceptors (Lipinski definition) is 10. The molecule has 1 aromatic rings. The molecule has 4 aliphatic heterocycles. The summed E-state index contributed by atoms with van der Waals surface area (Å²) in [5.74, 6) is -1.73. The van der Waals surface area contributed by atoms with E-state index in [1.165, 1.54) is 12.1 Å². The zero-order valence-electron chi connectivity index (χ0n) is 25.1. The van der Waals surface area contributed by atoms with Crippen molar-refractivity contribution in [2.75, 3.05) is 13.1 Å². The Hall–Kier alpha value is -2.93. The maximum atomic E-state index is 12.7. The topological polar surface area (TPSA) is 162 Å². The highest BCUT2D eigenvalue weighted by Gasteiger charge is 2.69. The highest BCUT2D eigenvalue weighted by Crippen LogP contribution is 2.60. The summed E-state index contributed by atoms with van der Waals surface area (Å²) in [5, 5.41) is 24.4. The molecule has 0 unspecified atom stereocenters. The second-order valence-corrected chi connectivity index (χ2v) is 12.6. The van der Waals surface area contributed by atoms with E-state index in [0.717, 1.165) is 24.8 Å². The van der Waals surface area contributed by atoms with Gasteiger partial charge in [-0.3, -0.25) is 14.4 Å². The first kappa shape index (κ1) is 31.5. The number of esters is 1. The number of amides is 2. The summed E-state index contributed by atoms with van der Waals surface area (Å²) in [6, 6.07) is 4.53. The van der Waals surface area contributed by atoms with Gasteiger partial charge in [-0.1, -0.05) is 19.9 Å². The predicted octanol–water partition coefficient (Wildman–Crippen LogP) is 3.18. The molecule has 12 nitrogen and oxygen atoms in total. The molecule has 5 fully saturated rings. The zero-order valence-corrected chi connectivity index (χ0v) is 25.1. The Balaban J connectivity index is 1.01. The molecular weight excluding hydrogens is 560 g/mol. The molecule has 1 saturated carbocycles. The Bertz CT molecular complexity index is 1200. The molecule has 2 bridgehead atoms. The van der Waals surface area contributed by atoms with Gasteiger partial charge >= 0.3 is 5.97 Å². The Morgan fingerprint density at radius 2 is 1.72 bits per heavy atom. The van der Waals surface area contributed by atoms with Gasteiger partial charge in [0.15, 0.2) is 23.4 Å². The van der Waals surface area contributed by atoms with Crippen molar-refractivity contribution in [3.63, 3.8) is 0 Å². The molecule has 8 atom stereocenters. The number of nitrogens with one attached hydrogen (secondary N) is 2. The summed E-state index contributed by atoms with van der Waals surface area (Å²) < 4.78 is 18.3. The molecule has 6 rings (SSSR count). The lowest BCUT2D eigenvalue weighted by Gasteiger charge is -2.59. The van der Waals surface area contributed by atoms with E-state index < -0.39 is 29.9 Å². The van der Waals surface area contributed by atoms with E-state index in [1.807, 2.05) is 13.8 Å². The van der Waals surface area contributed by atoms with Crippen molar-refractivity contribution in [1.29, 1.82) is 0 Å². The van der Waals surface area contributed by atoms with E-state index in [1.54, 1.807) is 6.07 Å². The van der Waals surface area contributed by atoms with Crippen LogP contribution in [0.15, 0.2) is 18.2 Å². The van der Waals surface area contributed by atoms with Crippen LogP contribution in [0.4, 0.5) is 0 Å². The minimum absolute atomic E-state index is 0.0342. The SMILES string of the molecule is C[C@@H]1[C@@H](OC(=O)CCC(=O)NCCCC(=O)NCCc2ccc(O)c(O)c2)O[C@H]2O[C@]3(C)CC[C@H]4[C@H](C)CC[C@H]1[C@]24OO3. The maximum absolute atomic E-state index is 12.7. The lowest BCUT2D eigenvalue weighted by molar-refractivity contribution is -0.576. The number of ether oxygens (including phenoxy) is 3. The number of phenols is 2. The molecule has 1 aliphatic carbocycles. The Labute approximate surface area is 251 Å². The third-order valence-electron chi connectivity index (χ3n) is 9.58. The van der Waals surface area contributed by atoms with E-state index in [0.29, 0.717) is 38.3 Å². The van der Waals surface area contributed by atoms with Crippen molar-refractivity contribution >= 4 is 17.8 Å². The van der Waals surface area contributed by atoms with Crippen molar-refractivity contribution in [3.05, 3.63) is 23.8 Å². The van der Waals surface area contributed by atoms with Crippen molar-refractivity contribution in [2.45, 2.75) is 103 Å². The summed E-state index contributed by atoms with van der Waals surface area (Å²) in [6.45, 7) is 6.78. The first-order chi connectivity index (χ1) is 20.5. The third-order valence-corrected chi connectivity index (χ3v) is 9.58. The van der Waals surface area contributed by atoms with Gasteiger partial charge in [0.1, 0.15) is 0 Å². The van der Waals surface area contributed by atoms with E-state index in [9.17, 15) is 24.6 Å². The summed E-state index contributed by atoms with van der Waals surface area (Å²) >= 11 is 0. The fourth-order valence-electron chi connectivity index (χ4n) is 7.14. The zero-order chi connectivity index (χ0) is 30.8. The average molecular weight is 605 g/mol. The molecule has 43 heavy (non-hydrogen) atoms. The monoisotopic (exact) mass is 604 g/mol. The third kappa shape index (κ3) is 6.77. The molecule has 4 saturated heterocycles. The minimum Gasteiger partial charge on any atom is -0.504 e. The Morgan fingerprint density at radius 1 is 0.953 bits per heavy atom. The van der Waals surface area contributed by atoms with Gasteiger partial charge in [0.2, 0.25) is 23.9 Å². The van der Waals surface area contributed by atoms with E-state index >= 15 is 0 Å². The van der Waals surface area contributed by atoms with Gasteiger partial charge in [0.25, 0.3) is 0 Å². The van der Waals surface area contributed by atoms with Gasteiger partial charge in [-0.15, -0.1) is 0 Å². The van der Waals surface area contributed by atoms with Gasteiger partial charge in [-0.2, -0.15) is 0 Å². The Morgan fingerprint density at radius 3 is 2.51 bits per heavy atom. The van der Waals surface area contributed by atoms with E-state index in [-0.39, 0.29) is 60.3 Å². The van der Waals surface area contributed by atoms with Crippen molar-refractivity contribution in [3.8, 4) is 11.5 Å². The molecule has 2 amide bonds. The molecule has 4 N–H and O–H groups in total. The fourth-order valence-corrected chi connectivity index (χ4v) is 7.14. The largest absolute Gasteiger partial charge is 0.504 e. The van der Waals surface area contributed by atoms with Crippen LogP contribution in [-0.4, -0.2) is 65.1 Å². The summed E-state index contributed by atoms with van der Waals surface area (Å²) in [7, 11) is 0. The van der Waals surface area contributed by atoms with Crippen molar-refractivity contribution in [2.24, 2.45) is 23.7 Å². The number of aromatic hydroxyl groups is 2. The standard InChI is InChI=1S/C31H44N2O10/c1-18-6-8-22-19(2)28(40-29-31(22)21(18)12-14-30(3,41-29)42-43-31)39-27(38)11-10-26(37)32-15-4-5-25(36)33-16-13-20-7-9-23(34)24(35)17-20/h7,9,17-19,21-22,28-29,34-35H,4-6,8,10-16H2,1-3H3,(H,32,37)(H,33,36)/t18-,19+,21+,22-,28+,29+,30+,31+/m1/s1. The van der Waals surface area contributed by atoms with Gasteiger partial charge in [0, 0.05) is 44.2 Å². The molecule has 12 heteroatoms. The molecule has 0 radical (unpaired) electrons. The van der Waals surface area contributed by atoms with Crippen LogP contribution < -0.4 is 10.6 Å². The van der Waals surface area contributed by atoms with Crippen LogP contribution >= 0.6 is 0 Å². The summed E-state index contributed by atoms with van der Waals surface area (Å²) in [4.78, 5) is 49.0. The number of fused-ring (bicyclic) bond motifs is 2. The van der Waals surface area contributed by atoms with Crippen LogP contribution in [0.3, 0.4) is 0 Å². The van der Waals surface area contributed by atoms with Crippen LogP contribution in [0.1, 0.15) is 77.7 Å². The minimum atomic E-state index is -0.913. The lowest BCUT2D eigenvalue weighted by Crippen LogP contribution is -2.70. The number of carbonyl (C=O) groups excluding carboxylic acids is 3. The first-order valence-corrected chi connectivity index (χ1v) is 15.4. The number of rotatable bonds is 11.